The molecule has 1 aliphatic rings. The van der Waals surface area contributed by atoms with Crippen molar-refractivity contribution >= 4 is 19.1 Å². The van der Waals surface area contributed by atoms with Crippen LogP contribution in [0.5, 0.6) is 0 Å². The minimum Gasteiger partial charge on any atom is -0.398 e. The topological polar surface area (TPSA) is 41.8 Å². The Hall–Kier alpha value is -0.855. The molecular weight excluding hydrogens is 171 g/mol. The van der Waals surface area contributed by atoms with Gasteiger partial charge in [-0.1, -0.05) is 19.3 Å². The lowest BCUT2D eigenvalue weighted by atomic mass is 9.99. The second-order valence-corrected chi connectivity index (χ2v) is 4.39. The van der Waals surface area contributed by atoms with E-state index < -0.39 is 0 Å². The van der Waals surface area contributed by atoms with Crippen molar-refractivity contribution in [2.45, 2.75) is 44.9 Å². The molecule has 1 aliphatic carbocycles. The minimum absolute atomic E-state index is 1.02. The van der Waals surface area contributed by atoms with E-state index in [4.69, 9.17) is 5.73 Å². The summed E-state index contributed by atoms with van der Waals surface area (Å²) in [4.78, 5) is 3.44. The Morgan fingerprint density at radius 2 is 1.64 bits per heavy atom. The van der Waals surface area contributed by atoms with Crippen LogP contribution >= 0.6 is 0 Å². The number of aromatic nitrogens is 1. The predicted octanol–water partition coefficient (Wildman–Crippen LogP) is 0.904. The number of H-pyrrole nitrogens is 1. The quantitative estimate of drug-likeness (QED) is 0.586. The minimum atomic E-state index is 1.02. The van der Waals surface area contributed by atoms with E-state index in [2.05, 4.69) is 12.8 Å². The average Bonchev–Trinajstić information content (AvgIpc) is 2.49. The summed E-state index contributed by atoms with van der Waals surface area (Å²) < 4.78 is 0. The summed E-state index contributed by atoms with van der Waals surface area (Å²) >= 11 is 0. The third-order valence-corrected chi connectivity index (χ3v) is 3.29. The second kappa shape index (κ2) is 4.12. The first-order valence-corrected chi connectivity index (χ1v) is 5.75. The third kappa shape index (κ3) is 1.81. The fraction of sp³-hybridized carbons (Fsp3) is 0.636. The van der Waals surface area contributed by atoms with E-state index in [0.717, 1.165) is 11.3 Å². The summed E-state index contributed by atoms with van der Waals surface area (Å²) in [6.45, 7) is 0. The van der Waals surface area contributed by atoms with E-state index in [1.165, 1.54) is 56.2 Å². The first-order chi connectivity index (χ1) is 6.79. The van der Waals surface area contributed by atoms with Crippen molar-refractivity contribution in [1.82, 2.24) is 4.98 Å². The molecule has 1 aromatic rings. The lowest BCUT2D eigenvalue weighted by Gasteiger charge is -2.01. The number of aryl methyl sites for hydroxylation is 1. The molecular formula is C11H19BN2. The number of hydrogen-bond donors (Lipinski definition) is 2. The zero-order chi connectivity index (χ0) is 9.97. The summed E-state index contributed by atoms with van der Waals surface area (Å²) in [5, 5.41) is 0. The van der Waals surface area contributed by atoms with Crippen LogP contribution in [0.15, 0.2) is 0 Å². The van der Waals surface area contributed by atoms with Gasteiger partial charge in [-0.2, -0.15) is 0 Å². The van der Waals surface area contributed by atoms with Crippen molar-refractivity contribution in [2.24, 2.45) is 0 Å². The Morgan fingerprint density at radius 3 is 2.43 bits per heavy atom. The summed E-state index contributed by atoms with van der Waals surface area (Å²) in [6, 6.07) is 0. The van der Waals surface area contributed by atoms with E-state index >= 15 is 0 Å². The molecule has 0 saturated carbocycles. The fourth-order valence-electron chi connectivity index (χ4n) is 2.39. The molecule has 2 nitrogen and oxygen atoms in total. The molecule has 0 atom stereocenters. The molecule has 0 radical (unpaired) electrons. The molecule has 0 saturated heterocycles. The van der Waals surface area contributed by atoms with E-state index in [-0.39, 0.29) is 0 Å². The lowest BCUT2D eigenvalue weighted by Crippen LogP contribution is -2.09. The summed E-state index contributed by atoms with van der Waals surface area (Å²) in [5.74, 6) is 0. The van der Waals surface area contributed by atoms with Gasteiger partial charge in [-0.3, -0.25) is 0 Å². The Balaban J connectivity index is 2.26. The Bertz CT molecular complexity index is 317. The van der Waals surface area contributed by atoms with Gasteiger partial charge in [0.2, 0.25) is 0 Å². The summed E-state index contributed by atoms with van der Waals surface area (Å²) in [5.41, 5.74) is 11.1. The highest BCUT2D eigenvalue weighted by Crippen LogP contribution is 2.22. The van der Waals surface area contributed by atoms with Gasteiger partial charge in [0, 0.05) is 11.4 Å². The maximum atomic E-state index is 6.06. The molecule has 0 amide bonds. The van der Waals surface area contributed by atoms with Crippen molar-refractivity contribution in [3.63, 3.8) is 0 Å². The van der Waals surface area contributed by atoms with E-state index in [0.29, 0.717) is 0 Å². The van der Waals surface area contributed by atoms with Crippen LogP contribution in [0.1, 0.15) is 43.4 Å². The third-order valence-electron chi connectivity index (χ3n) is 3.29. The van der Waals surface area contributed by atoms with Crippen LogP contribution in [0, 0.1) is 0 Å². The van der Waals surface area contributed by atoms with Gasteiger partial charge in [0.15, 0.2) is 7.85 Å². The van der Waals surface area contributed by atoms with E-state index in [1.54, 1.807) is 0 Å². The number of nitrogens with two attached hydrogens (primary N) is 1. The molecule has 3 heteroatoms. The van der Waals surface area contributed by atoms with Gasteiger partial charge >= 0.3 is 0 Å². The van der Waals surface area contributed by atoms with Crippen molar-refractivity contribution in [1.29, 1.82) is 0 Å². The van der Waals surface area contributed by atoms with Crippen LogP contribution < -0.4 is 11.3 Å². The van der Waals surface area contributed by atoms with E-state index in [1.807, 2.05) is 0 Å². The second-order valence-electron chi connectivity index (χ2n) is 4.39. The molecule has 76 valence electrons. The molecule has 0 fully saturated rings. The first-order valence-electron chi connectivity index (χ1n) is 5.75. The molecule has 0 spiro atoms. The maximum absolute atomic E-state index is 6.06. The number of fused-ring (bicyclic) bond motifs is 1. The van der Waals surface area contributed by atoms with Crippen molar-refractivity contribution < 1.29 is 0 Å². The molecule has 0 bridgehead atoms. The van der Waals surface area contributed by atoms with Gasteiger partial charge in [0.25, 0.3) is 0 Å². The molecule has 3 N–H and O–H groups in total. The van der Waals surface area contributed by atoms with Crippen LogP contribution in [-0.4, -0.2) is 12.8 Å². The Morgan fingerprint density at radius 1 is 1.00 bits per heavy atom. The van der Waals surface area contributed by atoms with Crippen LogP contribution in [0.2, 0.25) is 0 Å². The molecule has 0 aromatic carbocycles. The van der Waals surface area contributed by atoms with Gasteiger partial charge < -0.3 is 10.7 Å². The van der Waals surface area contributed by atoms with Crippen molar-refractivity contribution in [3.05, 3.63) is 11.3 Å². The number of nitrogens with one attached hydrogen (secondary N) is 1. The number of aromatic amines is 1. The van der Waals surface area contributed by atoms with Gasteiger partial charge in [-0.15, -0.1) is 0 Å². The van der Waals surface area contributed by atoms with Gasteiger partial charge in [-0.05, 0) is 36.8 Å². The summed E-state index contributed by atoms with van der Waals surface area (Å²) in [7, 11) is 2.08. The molecule has 14 heavy (non-hydrogen) atoms. The molecule has 0 aliphatic heterocycles. The lowest BCUT2D eigenvalue weighted by molar-refractivity contribution is 0.627. The zero-order valence-electron chi connectivity index (χ0n) is 9.03. The van der Waals surface area contributed by atoms with Crippen LogP contribution in [0.4, 0.5) is 5.69 Å². The van der Waals surface area contributed by atoms with Gasteiger partial charge in [0.05, 0.1) is 0 Å². The highest BCUT2D eigenvalue weighted by atomic mass is 14.8. The van der Waals surface area contributed by atoms with Gasteiger partial charge in [0.1, 0.15) is 0 Å². The zero-order valence-corrected chi connectivity index (χ0v) is 9.03. The highest BCUT2D eigenvalue weighted by Gasteiger charge is 2.12. The van der Waals surface area contributed by atoms with Crippen LogP contribution in [0.3, 0.4) is 0 Å². The fourth-order valence-corrected chi connectivity index (χ4v) is 2.39. The van der Waals surface area contributed by atoms with Crippen LogP contribution in [0.25, 0.3) is 0 Å². The highest BCUT2D eigenvalue weighted by molar-refractivity contribution is 6.34. The standard InChI is InChI=1S/C11H19BN2/c12-11-10(13)8-6-4-2-1-3-5-7-9(8)14-11/h14H,1-7,12-13H2. The predicted molar refractivity (Wildman–Crippen MR) is 63.9 cm³/mol. The Labute approximate surface area is 86.7 Å². The molecule has 1 heterocycles. The van der Waals surface area contributed by atoms with Gasteiger partial charge in [-0.25, -0.2) is 0 Å². The monoisotopic (exact) mass is 190 g/mol. The SMILES string of the molecule is Bc1[nH]c2c(c1N)CCCCCCC2. The first kappa shape index (κ1) is 9.69. The average molecular weight is 190 g/mol. The number of hydrogen-bond acceptors (Lipinski definition) is 1. The van der Waals surface area contributed by atoms with Crippen LogP contribution in [-0.2, 0) is 12.8 Å². The normalized spacial score (nSPS) is 18.0. The Kier molecular flexibility index (Phi) is 2.85. The largest absolute Gasteiger partial charge is 0.398 e. The number of anilines is 1. The van der Waals surface area contributed by atoms with E-state index in [9.17, 15) is 0 Å². The maximum Gasteiger partial charge on any atom is 0.163 e. The molecule has 2 rings (SSSR count). The van der Waals surface area contributed by atoms with Crippen molar-refractivity contribution in [3.8, 4) is 0 Å². The smallest absolute Gasteiger partial charge is 0.163 e. The summed E-state index contributed by atoms with van der Waals surface area (Å²) in [6.07, 6.45) is 9.10. The molecule has 0 unspecified atom stereocenters. The molecule has 1 aromatic heterocycles. The van der Waals surface area contributed by atoms with Crippen molar-refractivity contribution in [2.75, 3.05) is 5.73 Å². The number of nitrogen functional groups attached to an aromatic ring is 1. The number of rotatable bonds is 0.